The van der Waals surface area contributed by atoms with Crippen LogP contribution in [0.3, 0.4) is 0 Å². The lowest BCUT2D eigenvalue weighted by Gasteiger charge is -2.26. The van der Waals surface area contributed by atoms with Crippen LogP contribution < -0.4 is 14.2 Å². The van der Waals surface area contributed by atoms with Crippen molar-refractivity contribution in [1.29, 1.82) is 0 Å². The van der Waals surface area contributed by atoms with Crippen molar-refractivity contribution < 1.29 is 28.9 Å². The summed E-state index contributed by atoms with van der Waals surface area (Å²) in [6.45, 7) is 6.08. The summed E-state index contributed by atoms with van der Waals surface area (Å²) in [5.74, 6) is 0.182. The molecule has 3 rings (SSSR count). The number of methoxy groups -OCH3 is 1. The molecule has 8 nitrogen and oxygen atoms in total. The molecule has 0 saturated carbocycles. The molecule has 1 aliphatic rings. The number of ketones is 1. The van der Waals surface area contributed by atoms with Crippen LogP contribution in [0.1, 0.15) is 43.9 Å². The minimum absolute atomic E-state index is 0.0540. The Labute approximate surface area is 213 Å². The van der Waals surface area contributed by atoms with Gasteiger partial charge in [0.15, 0.2) is 11.5 Å². The molecule has 0 aliphatic carbocycles. The van der Waals surface area contributed by atoms with Gasteiger partial charge in [-0.2, -0.15) is 0 Å². The van der Waals surface area contributed by atoms with Gasteiger partial charge in [0.05, 0.1) is 31.9 Å². The number of benzene rings is 2. The molecule has 36 heavy (non-hydrogen) atoms. The smallest absolute Gasteiger partial charge is 0.295 e. The first-order chi connectivity index (χ1) is 17.3. The second-order valence-electron chi connectivity index (χ2n) is 8.87. The van der Waals surface area contributed by atoms with Crippen molar-refractivity contribution >= 4 is 17.4 Å². The first-order valence-corrected chi connectivity index (χ1v) is 12.3. The first-order valence-electron chi connectivity index (χ1n) is 12.3. The predicted octanol–water partition coefficient (Wildman–Crippen LogP) is 4.26. The van der Waals surface area contributed by atoms with Gasteiger partial charge in [-0.15, -0.1) is 0 Å². The number of likely N-dealkylation sites (tertiary alicyclic amines) is 1. The van der Waals surface area contributed by atoms with E-state index < -0.39 is 17.7 Å². The van der Waals surface area contributed by atoms with Gasteiger partial charge in [-0.3, -0.25) is 9.59 Å². The second-order valence-corrected chi connectivity index (χ2v) is 8.87. The van der Waals surface area contributed by atoms with Gasteiger partial charge >= 0.3 is 0 Å². The Bertz CT molecular complexity index is 1090. The topological polar surface area (TPSA) is 88.5 Å². The lowest BCUT2D eigenvalue weighted by Crippen LogP contribution is -2.32. The number of carbonyl (C=O) groups is 2. The van der Waals surface area contributed by atoms with E-state index in [1.165, 1.54) is 4.90 Å². The van der Waals surface area contributed by atoms with Crippen molar-refractivity contribution in [2.75, 3.05) is 47.5 Å². The lowest BCUT2D eigenvalue weighted by atomic mass is 9.95. The number of aliphatic hydroxyl groups is 1. The van der Waals surface area contributed by atoms with Gasteiger partial charge < -0.3 is 29.1 Å². The largest absolute Gasteiger partial charge is 0.507 e. The summed E-state index contributed by atoms with van der Waals surface area (Å²) in [5.41, 5.74) is 1.15. The molecule has 194 valence electrons. The van der Waals surface area contributed by atoms with Crippen LogP contribution in [0.25, 0.3) is 5.76 Å². The number of hydrogen-bond donors (Lipinski definition) is 1. The van der Waals surface area contributed by atoms with E-state index in [2.05, 4.69) is 0 Å². The fourth-order valence-electron chi connectivity index (χ4n) is 4.23. The van der Waals surface area contributed by atoms with Gasteiger partial charge in [-0.05, 0) is 82.4 Å². The molecular formula is C28H36N2O6. The molecule has 0 aromatic heterocycles. The molecule has 2 aromatic rings. The maximum atomic E-state index is 13.2. The maximum absolute atomic E-state index is 13.2. The van der Waals surface area contributed by atoms with Crippen molar-refractivity contribution in [2.45, 2.75) is 32.7 Å². The van der Waals surface area contributed by atoms with Gasteiger partial charge in [0.2, 0.25) is 0 Å². The molecule has 1 atom stereocenters. The molecule has 1 N–H and O–H groups in total. The van der Waals surface area contributed by atoms with Crippen molar-refractivity contribution in [2.24, 2.45) is 0 Å². The SMILES string of the molecule is CCCOc1ccc([C@@H]2C(=C(O)c3ccc(OCC)cc3)C(=O)C(=O)N2CCCN(C)C)cc1OC. The van der Waals surface area contributed by atoms with E-state index in [-0.39, 0.29) is 11.3 Å². The number of amides is 1. The minimum Gasteiger partial charge on any atom is -0.507 e. The molecule has 0 spiro atoms. The number of rotatable bonds is 12. The molecule has 0 bridgehead atoms. The van der Waals surface area contributed by atoms with Gasteiger partial charge in [0, 0.05) is 12.1 Å². The van der Waals surface area contributed by atoms with Crippen LogP contribution in [0, 0.1) is 0 Å². The standard InChI is InChI=1S/C28H36N2O6/c1-6-17-36-22-14-11-20(18-23(22)34-5)25-24(26(31)19-9-12-21(13-10-19)35-7-2)27(32)28(33)30(25)16-8-15-29(3)4/h9-14,18,25,31H,6-8,15-17H2,1-5H3/t25-/m1/s1. The Hall–Kier alpha value is -3.52. The van der Waals surface area contributed by atoms with E-state index in [0.717, 1.165) is 13.0 Å². The van der Waals surface area contributed by atoms with Crippen LogP contribution in [0.4, 0.5) is 0 Å². The zero-order valence-corrected chi connectivity index (χ0v) is 21.7. The average Bonchev–Trinajstić information content (AvgIpc) is 3.12. The molecule has 1 fully saturated rings. The zero-order chi connectivity index (χ0) is 26.2. The summed E-state index contributed by atoms with van der Waals surface area (Å²) in [5, 5.41) is 11.3. The van der Waals surface area contributed by atoms with Crippen LogP contribution in [0.15, 0.2) is 48.0 Å². The minimum atomic E-state index is -0.757. The van der Waals surface area contributed by atoms with Crippen LogP contribution in [-0.4, -0.2) is 74.1 Å². The number of carbonyl (C=O) groups excluding carboxylic acids is 2. The van der Waals surface area contributed by atoms with Crippen molar-refractivity contribution in [3.8, 4) is 17.2 Å². The molecule has 8 heteroatoms. The third-order valence-electron chi connectivity index (χ3n) is 5.95. The van der Waals surface area contributed by atoms with Crippen LogP contribution >= 0.6 is 0 Å². The Morgan fingerprint density at radius 3 is 2.36 bits per heavy atom. The monoisotopic (exact) mass is 496 g/mol. The van der Waals surface area contributed by atoms with E-state index in [0.29, 0.717) is 54.6 Å². The number of aliphatic hydroxyl groups excluding tert-OH is 1. The highest BCUT2D eigenvalue weighted by molar-refractivity contribution is 6.46. The normalized spacial score (nSPS) is 17.1. The Kier molecular flexibility index (Phi) is 9.36. The van der Waals surface area contributed by atoms with E-state index in [4.69, 9.17) is 14.2 Å². The highest BCUT2D eigenvalue weighted by atomic mass is 16.5. The highest BCUT2D eigenvalue weighted by Crippen LogP contribution is 2.42. The summed E-state index contributed by atoms with van der Waals surface area (Å²) in [6, 6.07) is 11.4. The molecular weight excluding hydrogens is 460 g/mol. The molecule has 1 saturated heterocycles. The fraction of sp³-hybridized carbons (Fsp3) is 0.429. The predicted molar refractivity (Wildman–Crippen MR) is 139 cm³/mol. The van der Waals surface area contributed by atoms with Crippen molar-refractivity contribution in [1.82, 2.24) is 9.80 Å². The lowest BCUT2D eigenvalue weighted by molar-refractivity contribution is -0.139. The number of hydrogen-bond acceptors (Lipinski definition) is 7. The molecule has 0 unspecified atom stereocenters. The summed E-state index contributed by atoms with van der Waals surface area (Å²) in [6.07, 6.45) is 1.52. The second kappa shape index (κ2) is 12.4. The third kappa shape index (κ3) is 5.99. The molecule has 2 aromatic carbocycles. The molecule has 1 aliphatic heterocycles. The number of ether oxygens (including phenoxy) is 3. The van der Waals surface area contributed by atoms with Crippen LogP contribution in [-0.2, 0) is 9.59 Å². The highest BCUT2D eigenvalue weighted by Gasteiger charge is 2.46. The van der Waals surface area contributed by atoms with Crippen molar-refractivity contribution in [3.05, 3.63) is 59.2 Å². The van der Waals surface area contributed by atoms with Gasteiger partial charge in [0.1, 0.15) is 11.5 Å². The molecule has 1 amide bonds. The molecule has 0 radical (unpaired) electrons. The number of Topliss-reactive ketones (excluding diaryl/α,β-unsaturated/α-hetero) is 1. The third-order valence-corrected chi connectivity index (χ3v) is 5.95. The van der Waals surface area contributed by atoms with E-state index in [1.807, 2.05) is 38.9 Å². The summed E-state index contributed by atoms with van der Waals surface area (Å²) >= 11 is 0. The Balaban J connectivity index is 2.09. The van der Waals surface area contributed by atoms with E-state index in [1.54, 1.807) is 43.5 Å². The van der Waals surface area contributed by atoms with E-state index in [9.17, 15) is 14.7 Å². The summed E-state index contributed by atoms with van der Waals surface area (Å²) < 4.78 is 16.8. The van der Waals surface area contributed by atoms with Crippen LogP contribution in [0.5, 0.6) is 17.2 Å². The van der Waals surface area contributed by atoms with E-state index >= 15 is 0 Å². The van der Waals surface area contributed by atoms with Crippen molar-refractivity contribution in [3.63, 3.8) is 0 Å². The van der Waals surface area contributed by atoms with Gasteiger partial charge in [0.25, 0.3) is 11.7 Å². The average molecular weight is 497 g/mol. The van der Waals surface area contributed by atoms with Gasteiger partial charge in [-0.25, -0.2) is 0 Å². The zero-order valence-electron chi connectivity index (χ0n) is 21.7. The Morgan fingerprint density at radius 2 is 1.75 bits per heavy atom. The Morgan fingerprint density at radius 1 is 1.03 bits per heavy atom. The van der Waals surface area contributed by atoms with Gasteiger partial charge in [-0.1, -0.05) is 13.0 Å². The van der Waals surface area contributed by atoms with Crippen LogP contribution in [0.2, 0.25) is 0 Å². The number of nitrogens with zero attached hydrogens (tertiary/aromatic N) is 2. The quantitative estimate of drug-likeness (QED) is 0.267. The summed E-state index contributed by atoms with van der Waals surface area (Å²) in [7, 11) is 5.46. The fourth-order valence-corrected chi connectivity index (χ4v) is 4.23. The maximum Gasteiger partial charge on any atom is 0.295 e. The first kappa shape index (κ1) is 27.1. The molecule has 1 heterocycles. The summed E-state index contributed by atoms with van der Waals surface area (Å²) in [4.78, 5) is 30.0.